The van der Waals surface area contributed by atoms with Crippen molar-refractivity contribution in [1.29, 1.82) is 0 Å². The number of ether oxygens (including phenoxy) is 1. The van der Waals surface area contributed by atoms with Gasteiger partial charge in [-0.2, -0.15) is 4.98 Å². The molecule has 1 aliphatic heterocycles. The molecule has 0 spiro atoms. The fourth-order valence-electron chi connectivity index (χ4n) is 4.19. The summed E-state index contributed by atoms with van der Waals surface area (Å²) < 4.78 is 11.0. The van der Waals surface area contributed by atoms with Gasteiger partial charge in [-0.3, -0.25) is 4.90 Å². The number of urea groups is 1. The standard InChI is InChI=1S/C27H23ClN4O3/c1-16-5-4-6-21(15-16)32-17(2)23(24(29-27(32)33)18-7-11-20(28)12-8-18)26-30-25(31-35-26)19-9-13-22(34-3)14-10-19/h4-15,24H,1-3H3,(H,29,33). The molecule has 3 aromatic carbocycles. The minimum absolute atomic E-state index is 0.244. The van der Waals surface area contributed by atoms with Gasteiger partial charge in [0.15, 0.2) is 0 Å². The first-order chi connectivity index (χ1) is 16.9. The fraction of sp³-hybridized carbons (Fsp3) is 0.148. The van der Waals surface area contributed by atoms with Crippen molar-refractivity contribution in [3.63, 3.8) is 0 Å². The highest BCUT2D eigenvalue weighted by Crippen LogP contribution is 2.39. The van der Waals surface area contributed by atoms with Crippen molar-refractivity contribution < 1.29 is 14.1 Å². The second-order valence-electron chi connectivity index (χ2n) is 8.26. The number of anilines is 1. The van der Waals surface area contributed by atoms with Crippen LogP contribution in [0.2, 0.25) is 5.02 Å². The maximum atomic E-state index is 13.3. The molecule has 35 heavy (non-hydrogen) atoms. The average Bonchev–Trinajstić information content (AvgIpc) is 3.34. The third-order valence-electron chi connectivity index (χ3n) is 5.95. The smallest absolute Gasteiger partial charge is 0.326 e. The lowest BCUT2D eigenvalue weighted by molar-refractivity contribution is 0.244. The maximum Gasteiger partial charge on any atom is 0.326 e. The number of carbonyl (C=O) groups excluding carboxylic acids is 1. The van der Waals surface area contributed by atoms with Crippen molar-refractivity contribution in [2.45, 2.75) is 19.9 Å². The Morgan fingerprint density at radius 1 is 1.03 bits per heavy atom. The molecule has 1 aromatic heterocycles. The summed E-state index contributed by atoms with van der Waals surface area (Å²) in [6, 6.07) is 21.8. The SMILES string of the molecule is COc1ccc(-c2noc(C3=C(C)N(c4cccc(C)c4)C(=O)NC3c3ccc(Cl)cc3)n2)cc1. The number of methoxy groups -OCH3 is 1. The second-order valence-corrected chi connectivity index (χ2v) is 8.70. The van der Waals surface area contributed by atoms with Crippen LogP contribution in [-0.2, 0) is 0 Å². The first-order valence-electron chi connectivity index (χ1n) is 11.1. The van der Waals surface area contributed by atoms with Gasteiger partial charge in [0.2, 0.25) is 5.82 Å². The lowest BCUT2D eigenvalue weighted by Gasteiger charge is -2.35. The summed E-state index contributed by atoms with van der Waals surface area (Å²) in [7, 11) is 1.62. The van der Waals surface area contributed by atoms with Crippen LogP contribution in [-0.4, -0.2) is 23.3 Å². The zero-order valence-corrected chi connectivity index (χ0v) is 20.2. The van der Waals surface area contributed by atoms with Crippen LogP contribution in [0.5, 0.6) is 5.75 Å². The van der Waals surface area contributed by atoms with E-state index in [0.717, 1.165) is 28.1 Å². The van der Waals surface area contributed by atoms with E-state index < -0.39 is 6.04 Å². The average molecular weight is 487 g/mol. The zero-order valence-electron chi connectivity index (χ0n) is 19.4. The van der Waals surface area contributed by atoms with E-state index in [9.17, 15) is 4.79 Å². The number of nitrogens with zero attached hydrogens (tertiary/aromatic N) is 3. The van der Waals surface area contributed by atoms with Crippen LogP contribution in [0.25, 0.3) is 17.0 Å². The summed E-state index contributed by atoms with van der Waals surface area (Å²) in [5.41, 5.74) is 4.85. The Balaban J connectivity index is 1.63. The van der Waals surface area contributed by atoms with Crippen LogP contribution < -0.4 is 15.0 Å². The van der Waals surface area contributed by atoms with E-state index in [4.69, 9.17) is 25.8 Å². The van der Waals surface area contributed by atoms with Crippen molar-refractivity contribution >= 4 is 28.9 Å². The Hall–Kier alpha value is -4.10. The molecule has 0 aliphatic carbocycles. The van der Waals surface area contributed by atoms with Gasteiger partial charge in [-0.05, 0) is 73.5 Å². The molecule has 0 bridgehead atoms. The van der Waals surface area contributed by atoms with Gasteiger partial charge in [-0.1, -0.05) is 41.0 Å². The highest BCUT2D eigenvalue weighted by atomic mass is 35.5. The van der Waals surface area contributed by atoms with Gasteiger partial charge in [0, 0.05) is 16.3 Å². The molecule has 1 unspecified atom stereocenters. The highest BCUT2D eigenvalue weighted by molar-refractivity contribution is 6.30. The van der Waals surface area contributed by atoms with Gasteiger partial charge in [0.25, 0.3) is 5.89 Å². The number of amides is 2. The molecule has 2 heterocycles. The van der Waals surface area contributed by atoms with Crippen LogP contribution in [0, 0.1) is 6.92 Å². The lowest BCUT2D eigenvalue weighted by atomic mass is 9.94. The van der Waals surface area contributed by atoms with Gasteiger partial charge >= 0.3 is 6.03 Å². The van der Waals surface area contributed by atoms with E-state index in [0.29, 0.717) is 28.0 Å². The Morgan fingerprint density at radius 2 is 1.77 bits per heavy atom. The summed E-state index contributed by atoms with van der Waals surface area (Å²) in [6.07, 6.45) is 0. The Morgan fingerprint density at radius 3 is 2.46 bits per heavy atom. The molecule has 4 aromatic rings. The summed E-state index contributed by atoms with van der Waals surface area (Å²) in [6.45, 7) is 3.87. The van der Waals surface area contributed by atoms with Crippen LogP contribution in [0.1, 0.15) is 30.0 Å². The first kappa shape index (κ1) is 22.7. The molecule has 1 atom stereocenters. The zero-order chi connectivity index (χ0) is 24.5. The van der Waals surface area contributed by atoms with Crippen LogP contribution in [0.15, 0.2) is 83.0 Å². The number of rotatable bonds is 5. The van der Waals surface area contributed by atoms with Gasteiger partial charge in [-0.15, -0.1) is 0 Å². The minimum Gasteiger partial charge on any atom is -0.497 e. The molecule has 176 valence electrons. The molecule has 7 nitrogen and oxygen atoms in total. The van der Waals surface area contributed by atoms with Gasteiger partial charge in [-0.25, -0.2) is 4.79 Å². The molecule has 0 radical (unpaired) electrons. The number of benzene rings is 3. The number of hydrogen-bond acceptors (Lipinski definition) is 5. The van der Waals surface area contributed by atoms with E-state index in [2.05, 4.69) is 10.5 Å². The van der Waals surface area contributed by atoms with E-state index in [1.807, 2.05) is 74.5 Å². The van der Waals surface area contributed by atoms with Crippen molar-refractivity contribution in [1.82, 2.24) is 15.5 Å². The van der Waals surface area contributed by atoms with E-state index in [-0.39, 0.29) is 6.03 Å². The number of halogens is 1. The summed E-state index contributed by atoms with van der Waals surface area (Å²) in [5, 5.41) is 7.93. The van der Waals surface area contributed by atoms with Gasteiger partial charge < -0.3 is 14.6 Å². The molecule has 1 N–H and O–H groups in total. The quantitative estimate of drug-likeness (QED) is 0.352. The monoisotopic (exact) mass is 486 g/mol. The summed E-state index contributed by atoms with van der Waals surface area (Å²) in [4.78, 5) is 19.6. The van der Waals surface area contributed by atoms with Crippen LogP contribution in [0.4, 0.5) is 10.5 Å². The predicted octanol–water partition coefficient (Wildman–Crippen LogP) is 6.41. The summed E-state index contributed by atoms with van der Waals surface area (Å²) in [5.74, 6) is 1.50. The number of hydrogen-bond donors (Lipinski definition) is 1. The Kier molecular flexibility index (Phi) is 6.01. The second kappa shape index (κ2) is 9.27. The lowest BCUT2D eigenvalue weighted by Crippen LogP contribution is -2.46. The molecular weight excluding hydrogens is 464 g/mol. The third kappa shape index (κ3) is 4.38. The van der Waals surface area contributed by atoms with E-state index >= 15 is 0 Å². The first-order valence-corrected chi connectivity index (χ1v) is 11.4. The molecule has 2 amide bonds. The molecule has 0 saturated heterocycles. The van der Waals surface area contributed by atoms with E-state index in [1.165, 1.54) is 0 Å². The number of aromatic nitrogens is 2. The Bertz CT molecular complexity index is 1410. The highest BCUT2D eigenvalue weighted by Gasteiger charge is 2.36. The minimum atomic E-state index is -0.495. The van der Waals surface area contributed by atoms with Crippen molar-refractivity contribution in [2.75, 3.05) is 12.0 Å². The molecule has 8 heteroatoms. The van der Waals surface area contributed by atoms with Gasteiger partial charge in [0.05, 0.1) is 24.4 Å². The van der Waals surface area contributed by atoms with Crippen molar-refractivity contribution in [3.05, 3.63) is 101 Å². The number of carbonyl (C=O) groups is 1. The number of aryl methyl sites for hydroxylation is 1. The number of nitrogens with one attached hydrogen (secondary N) is 1. The van der Waals surface area contributed by atoms with Crippen LogP contribution >= 0.6 is 11.6 Å². The van der Waals surface area contributed by atoms with E-state index in [1.54, 1.807) is 24.1 Å². The fourth-order valence-corrected chi connectivity index (χ4v) is 4.32. The normalized spacial score (nSPS) is 15.8. The summed E-state index contributed by atoms with van der Waals surface area (Å²) >= 11 is 6.11. The largest absolute Gasteiger partial charge is 0.497 e. The Labute approximate surface area is 208 Å². The van der Waals surface area contributed by atoms with Crippen LogP contribution in [0.3, 0.4) is 0 Å². The molecule has 1 aliphatic rings. The van der Waals surface area contributed by atoms with Gasteiger partial charge in [0.1, 0.15) is 5.75 Å². The molecule has 5 rings (SSSR count). The van der Waals surface area contributed by atoms with Crippen molar-refractivity contribution in [3.8, 4) is 17.1 Å². The number of allylic oxidation sites excluding steroid dienone is 1. The topological polar surface area (TPSA) is 80.5 Å². The molecular formula is C27H23ClN4O3. The molecule has 0 fully saturated rings. The third-order valence-corrected chi connectivity index (χ3v) is 6.20. The predicted molar refractivity (Wildman–Crippen MR) is 135 cm³/mol. The molecule has 0 saturated carbocycles. The maximum absolute atomic E-state index is 13.3. The van der Waals surface area contributed by atoms with Crippen molar-refractivity contribution in [2.24, 2.45) is 0 Å².